The van der Waals surface area contributed by atoms with Gasteiger partial charge in [0.25, 0.3) is 5.91 Å². The number of hydrogen-bond acceptors (Lipinski definition) is 4. The number of likely N-dealkylation sites (N-methyl/N-ethyl adjacent to an activating group) is 1. The van der Waals surface area contributed by atoms with Gasteiger partial charge in [0, 0.05) is 19.2 Å². The molecule has 0 spiro atoms. The molecule has 6 heteroatoms. The van der Waals surface area contributed by atoms with Crippen LogP contribution in [0.25, 0.3) is 0 Å². The smallest absolute Gasteiger partial charge is 0.253 e. The number of amides is 2. The molecule has 2 N–H and O–H groups in total. The number of aliphatic hydroxyl groups is 1. The molecule has 1 aromatic carbocycles. The second kappa shape index (κ2) is 5.71. The first-order valence-corrected chi connectivity index (χ1v) is 6.05. The van der Waals surface area contributed by atoms with Crippen molar-refractivity contribution in [2.45, 2.75) is 6.42 Å². The molecule has 0 atom stereocenters. The van der Waals surface area contributed by atoms with E-state index in [2.05, 4.69) is 5.32 Å². The quantitative estimate of drug-likeness (QED) is 0.832. The minimum absolute atomic E-state index is 0.0903. The molecule has 2 amide bonds. The van der Waals surface area contributed by atoms with Crippen LogP contribution in [0.5, 0.6) is 5.75 Å². The third-order valence-corrected chi connectivity index (χ3v) is 2.87. The van der Waals surface area contributed by atoms with Crippen molar-refractivity contribution in [2.75, 3.05) is 32.1 Å². The highest BCUT2D eigenvalue weighted by Crippen LogP contribution is 2.28. The van der Waals surface area contributed by atoms with Gasteiger partial charge in [0.15, 0.2) is 0 Å². The lowest BCUT2D eigenvalue weighted by Gasteiger charge is -2.16. The molecule has 1 aromatic rings. The van der Waals surface area contributed by atoms with E-state index in [0.29, 0.717) is 30.0 Å². The number of carbonyl (C=O) groups is 2. The van der Waals surface area contributed by atoms with Crippen LogP contribution in [0.3, 0.4) is 0 Å². The maximum atomic E-state index is 12.0. The average molecular weight is 264 g/mol. The number of nitrogens with one attached hydrogen (secondary N) is 1. The molecule has 102 valence electrons. The molecular weight excluding hydrogens is 248 g/mol. The van der Waals surface area contributed by atoms with Crippen molar-refractivity contribution >= 4 is 17.5 Å². The number of hydrogen-bond donors (Lipinski definition) is 2. The zero-order valence-corrected chi connectivity index (χ0v) is 10.7. The predicted octanol–water partition coefficient (Wildman–Crippen LogP) is 0.472. The molecule has 0 fully saturated rings. The molecule has 1 aliphatic rings. The van der Waals surface area contributed by atoms with Crippen molar-refractivity contribution in [1.29, 1.82) is 0 Å². The van der Waals surface area contributed by atoms with Gasteiger partial charge in [0.2, 0.25) is 5.91 Å². The Morgan fingerprint density at radius 1 is 1.53 bits per heavy atom. The standard InChI is InChI=1S/C13H16N2O4/c1-15(5-6-16)13(18)9-2-3-11-10(8-9)14-12(17)4-7-19-11/h2-3,8,16H,4-7H2,1H3,(H,14,17). The molecule has 0 saturated heterocycles. The summed E-state index contributed by atoms with van der Waals surface area (Å²) in [6.45, 7) is 0.502. The van der Waals surface area contributed by atoms with Gasteiger partial charge in [-0.1, -0.05) is 0 Å². The Hall–Kier alpha value is -2.08. The minimum Gasteiger partial charge on any atom is -0.491 e. The van der Waals surface area contributed by atoms with Crippen LogP contribution in [0.1, 0.15) is 16.8 Å². The fourth-order valence-electron chi connectivity index (χ4n) is 1.82. The van der Waals surface area contributed by atoms with Gasteiger partial charge in [-0.2, -0.15) is 0 Å². The SMILES string of the molecule is CN(CCO)C(=O)c1ccc2c(c1)NC(=O)CCO2. The molecule has 0 unspecified atom stereocenters. The first-order chi connectivity index (χ1) is 9.11. The van der Waals surface area contributed by atoms with Crippen LogP contribution in [0, 0.1) is 0 Å². The van der Waals surface area contributed by atoms with Crippen molar-refractivity contribution in [3.63, 3.8) is 0 Å². The Bertz CT molecular complexity index is 501. The number of anilines is 1. The van der Waals surface area contributed by atoms with E-state index in [4.69, 9.17) is 9.84 Å². The summed E-state index contributed by atoms with van der Waals surface area (Å²) >= 11 is 0. The van der Waals surface area contributed by atoms with Crippen LogP contribution in [-0.4, -0.2) is 48.6 Å². The zero-order valence-electron chi connectivity index (χ0n) is 10.7. The number of aliphatic hydroxyl groups excluding tert-OH is 1. The molecule has 1 aliphatic heterocycles. The molecule has 0 aromatic heterocycles. The summed E-state index contributed by atoms with van der Waals surface area (Å²) in [7, 11) is 1.61. The van der Waals surface area contributed by atoms with Crippen molar-refractivity contribution in [3.8, 4) is 5.75 Å². The van der Waals surface area contributed by atoms with E-state index in [1.165, 1.54) is 4.90 Å². The van der Waals surface area contributed by atoms with Gasteiger partial charge in [0.05, 0.1) is 25.3 Å². The second-order valence-electron chi connectivity index (χ2n) is 4.31. The van der Waals surface area contributed by atoms with Crippen LogP contribution < -0.4 is 10.1 Å². The number of fused-ring (bicyclic) bond motifs is 1. The summed E-state index contributed by atoms with van der Waals surface area (Å²) in [4.78, 5) is 24.9. The number of benzene rings is 1. The molecule has 0 radical (unpaired) electrons. The number of rotatable bonds is 3. The summed E-state index contributed by atoms with van der Waals surface area (Å²) in [5, 5.41) is 11.5. The highest BCUT2D eigenvalue weighted by Gasteiger charge is 2.17. The van der Waals surface area contributed by atoms with E-state index in [9.17, 15) is 9.59 Å². The summed E-state index contributed by atoms with van der Waals surface area (Å²) < 4.78 is 5.41. The highest BCUT2D eigenvalue weighted by molar-refractivity contribution is 5.98. The molecule has 6 nitrogen and oxygen atoms in total. The molecule has 0 saturated carbocycles. The maximum Gasteiger partial charge on any atom is 0.253 e. The summed E-state index contributed by atoms with van der Waals surface area (Å²) in [6.07, 6.45) is 0.294. The molecule has 0 aliphatic carbocycles. The fourth-order valence-corrected chi connectivity index (χ4v) is 1.82. The predicted molar refractivity (Wildman–Crippen MR) is 69.2 cm³/mol. The topological polar surface area (TPSA) is 78.9 Å². The van der Waals surface area contributed by atoms with Crippen LogP contribution in [-0.2, 0) is 4.79 Å². The Labute approximate surface area is 111 Å². The lowest BCUT2D eigenvalue weighted by atomic mass is 10.1. The maximum absolute atomic E-state index is 12.0. The zero-order chi connectivity index (χ0) is 13.8. The lowest BCUT2D eigenvalue weighted by Crippen LogP contribution is -2.29. The van der Waals surface area contributed by atoms with Gasteiger partial charge < -0.3 is 20.1 Å². The van der Waals surface area contributed by atoms with E-state index in [1.54, 1.807) is 25.2 Å². The Morgan fingerprint density at radius 3 is 3.05 bits per heavy atom. The second-order valence-corrected chi connectivity index (χ2v) is 4.31. The van der Waals surface area contributed by atoms with Gasteiger partial charge in [-0.3, -0.25) is 9.59 Å². The summed E-state index contributed by atoms with van der Waals surface area (Å²) in [5.41, 5.74) is 0.950. The van der Waals surface area contributed by atoms with E-state index in [-0.39, 0.29) is 25.0 Å². The van der Waals surface area contributed by atoms with E-state index in [1.807, 2.05) is 0 Å². The van der Waals surface area contributed by atoms with Crippen LogP contribution in [0.2, 0.25) is 0 Å². The van der Waals surface area contributed by atoms with E-state index >= 15 is 0 Å². The van der Waals surface area contributed by atoms with Crippen molar-refractivity contribution in [3.05, 3.63) is 23.8 Å². The van der Waals surface area contributed by atoms with E-state index < -0.39 is 0 Å². The third-order valence-electron chi connectivity index (χ3n) is 2.87. The van der Waals surface area contributed by atoms with Crippen molar-refractivity contribution in [1.82, 2.24) is 4.90 Å². The number of nitrogens with zero attached hydrogens (tertiary/aromatic N) is 1. The van der Waals surface area contributed by atoms with Gasteiger partial charge in [0.1, 0.15) is 5.75 Å². The average Bonchev–Trinajstić information content (AvgIpc) is 2.57. The monoisotopic (exact) mass is 264 g/mol. The lowest BCUT2D eigenvalue weighted by molar-refractivity contribution is -0.116. The van der Waals surface area contributed by atoms with Gasteiger partial charge in [-0.25, -0.2) is 0 Å². The normalized spacial score (nSPS) is 13.9. The van der Waals surface area contributed by atoms with Crippen molar-refractivity contribution in [2.24, 2.45) is 0 Å². The Balaban J connectivity index is 2.25. The first-order valence-electron chi connectivity index (χ1n) is 6.05. The summed E-state index contributed by atoms with van der Waals surface area (Å²) in [6, 6.07) is 4.90. The Kier molecular flexibility index (Phi) is 4.01. The summed E-state index contributed by atoms with van der Waals surface area (Å²) in [5.74, 6) is 0.217. The van der Waals surface area contributed by atoms with Gasteiger partial charge >= 0.3 is 0 Å². The molecule has 1 heterocycles. The van der Waals surface area contributed by atoms with Crippen LogP contribution in [0.15, 0.2) is 18.2 Å². The molecular formula is C13H16N2O4. The molecule has 19 heavy (non-hydrogen) atoms. The molecule has 2 rings (SSSR count). The van der Waals surface area contributed by atoms with Crippen LogP contribution in [0.4, 0.5) is 5.69 Å². The fraction of sp³-hybridized carbons (Fsp3) is 0.385. The molecule has 0 bridgehead atoms. The van der Waals surface area contributed by atoms with Gasteiger partial charge in [-0.05, 0) is 18.2 Å². The Morgan fingerprint density at radius 2 is 2.32 bits per heavy atom. The number of carbonyl (C=O) groups excluding carboxylic acids is 2. The first kappa shape index (κ1) is 13.4. The third kappa shape index (κ3) is 3.03. The van der Waals surface area contributed by atoms with Gasteiger partial charge in [-0.15, -0.1) is 0 Å². The van der Waals surface area contributed by atoms with Crippen molar-refractivity contribution < 1.29 is 19.4 Å². The highest BCUT2D eigenvalue weighted by atomic mass is 16.5. The van der Waals surface area contributed by atoms with E-state index in [0.717, 1.165) is 0 Å². The minimum atomic E-state index is -0.213. The number of ether oxygens (including phenoxy) is 1. The largest absolute Gasteiger partial charge is 0.491 e. The van der Waals surface area contributed by atoms with Crippen LogP contribution >= 0.6 is 0 Å².